The number of para-hydroxylation sites is 2. The van der Waals surface area contributed by atoms with E-state index in [2.05, 4.69) is 19.2 Å². The van der Waals surface area contributed by atoms with Gasteiger partial charge >= 0.3 is 0 Å². The van der Waals surface area contributed by atoms with Gasteiger partial charge in [0.25, 0.3) is 0 Å². The molecule has 0 amide bonds. The van der Waals surface area contributed by atoms with Gasteiger partial charge in [0.05, 0.1) is 17.4 Å². The van der Waals surface area contributed by atoms with Gasteiger partial charge in [-0.25, -0.2) is 0 Å². The molecule has 0 aliphatic heterocycles. The summed E-state index contributed by atoms with van der Waals surface area (Å²) in [6.07, 6.45) is 1.13. The topological polar surface area (TPSA) is 30.5 Å². The van der Waals surface area contributed by atoms with Crippen LogP contribution < -0.4 is 10.1 Å². The van der Waals surface area contributed by atoms with E-state index in [4.69, 9.17) is 9.47 Å². The summed E-state index contributed by atoms with van der Waals surface area (Å²) in [5.41, 5.74) is 0.944. The van der Waals surface area contributed by atoms with Gasteiger partial charge in [-0.1, -0.05) is 12.1 Å². The van der Waals surface area contributed by atoms with Crippen LogP contribution in [0.4, 0.5) is 5.69 Å². The molecule has 3 heteroatoms. The normalized spacial score (nSPS) is 11.7. The minimum atomic E-state index is -0.0964. The Morgan fingerprint density at radius 2 is 1.89 bits per heavy atom. The molecule has 1 N–H and O–H groups in total. The first kappa shape index (κ1) is 14.8. The maximum atomic E-state index is 5.76. The molecule has 18 heavy (non-hydrogen) atoms. The van der Waals surface area contributed by atoms with E-state index in [0.717, 1.165) is 24.4 Å². The Morgan fingerprint density at radius 3 is 2.50 bits per heavy atom. The van der Waals surface area contributed by atoms with Crippen molar-refractivity contribution in [3.8, 4) is 5.75 Å². The highest BCUT2D eigenvalue weighted by molar-refractivity contribution is 5.56. The van der Waals surface area contributed by atoms with Gasteiger partial charge in [-0.2, -0.15) is 0 Å². The molecular formula is C15H25NO2. The highest BCUT2D eigenvalue weighted by atomic mass is 16.5. The van der Waals surface area contributed by atoms with Crippen LogP contribution in [0.2, 0.25) is 0 Å². The number of anilines is 1. The van der Waals surface area contributed by atoms with Crippen molar-refractivity contribution in [1.82, 2.24) is 0 Å². The lowest BCUT2D eigenvalue weighted by molar-refractivity contribution is 0.0184. The molecule has 102 valence electrons. The maximum absolute atomic E-state index is 5.76. The van der Waals surface area contributed by atoms with Gasteiger partial charge in [0.1, 0.15) is 5.75 Å². The minimum Gasteiger partial charge on any atom is -0.489 e. The van der Waals surface area contributed by atoms with Crippen LogP contribution in [0, 0.1) is 0 Å². The highest BCUT2D eigenvalue weighted by Crippen LogP contribution is 2.25. The molecule has 0 spiro atoms. The van der Waals surface area contributed by atoms with E-state index >= 15 is 0 Å². The van der Waals surface area contributed by atoms with Crippen LogP contribution in [0.3, 0.4) is 0 Å². The smallest absolute Gasteiger partial charge is 0.142 e. The predicted molar refractivity (Wildman–Crippen MR) is 76.4 cm³/mol. The van der Waals surface area contributed by atoms with Crippen LogP contribution in [0.25, 0.3) is 0 Å². The standard InChI is InChI=1S/C15H25NO2/c1-12(2)18-14-9-7-6-8-13(14)16-11-10-15(3,4)17-5/h6-9,12,16H,10-11H2,1-5H3. The summed E-state index contributed by atoms with van der Waals surface area (Å²) >= 11 is 0. The lowest BCUT2D eigenvalue weighted by atomic mass is 10.1. The van der Waals surface area contributed by atoms with Crippen molar-refractivity contribution in [2.24, 2.45) is 0 Å². The lowest BCUT2D eigenvalue weighted by Gasteiger charge is -2.23. The maximum Gasteiger partial charge on any atom is 0.142 e. The van der Waals surface area contributed by atoms with Crippen molar-refractivity contribution in [2.45, 2.75) is 45.8 Å². The van der Waals surface area contributed by atoms with Crippen LogP contribution in [0.5, 0.6) is 5.75 Å². The van der Waals surface area contributed by atoms with Gasteiger partial charge in [0.2, 0.25) is 0 Å². The van der Waals surface area contributed by atoms with Crippen molar-refractivity contribution >= 4 is 5.69 Å². The molecule has 0 unspecified atom stereocenters. The number of hydrogen-bond donors (Lipinski definition) is 1. The Balaban J connectivity index is 2.56. The molecule has 1 rings (SSSR count). The number of methoxy groups -OCH3 is 1. The third-order valence-electron chi connectivity index (χ3n) is 2.84. The molecule has 0 fully saturated rings. The first-order chi connectivity index (χ1) is 8.44. The van der Waals surface area contributed by atoms with E-state index < -0.39 is 0 Å². The minimum absolute atomic E-state index is 0.0964. The average Bonchev–Trinajstić information content (AvgIpc) is 2.30. The molecule has 0 saturated carbocycles. The van der Waals surface area contributed by atoms with Gasteiger partial charge in [-0.3, -0.25) is 0 Å². The summed E-state index contributed by atoms with van der Waals surface area (Å²) in [6, 6.07) is 8.03. The van der Waals surface area contributed by atoms with Gasteiger partial charge in [-0.15, -0.1) is 0 Å². The van der Waals surface area contributed by atoms with Gasteiger partial charge in [-0.05, 0) is 46.2 Å². The number of nitrogens with one attached hydrogen (secondary N) is 1. The molecule has 0 atom stereocenters. The molecule has 0 heterocycles. The molecule has 0 radical (unpaired) electrons. The van der Waals surface area contributed by atoms with E-state index in [0.29, 0.717) is 0 Å². The second kappa shape index (κ2) is 6.64. The summed E-state index contributed by atoms with van der Waals surface area (Å²) in [5.74, 6) is 0.905. The van der Waals surface area contributed by atoms with Crippen LogP contribution in [0.1, 0.15) is 34.1 Å². The van der Waals surface area contributed by atoms with E-state index in [9.17, 15) is 0 Å². The van der Waals surface area contributed by atoms with Crippen LogP contribution >= 0.6 is 0 Å². The monoisotopic (exact) mass is 251 g/mol. The molecule has 0 aliphatic rings. The highest BCUT2D eigenvalue weighted by Gasteiger charge is 2.15. The fraction of sp³-hybridized carbons (Fsp3) is 0.600. The number of hydrogen-bond acceptors (Lipinski definition) is 3. The van der Waals surface area contributed by atoms with Crippen molar-refractivity contribution in [1.29, 1.82) is 0 Å². The summed E-state index contributed by atoms with van der Waals surface area (Å²) in [7, 11) is 1.75. The second-order valence-electron chi connectivity index (χ2n) is 5.30. The molecule has 0 bridgehead atoms. The zero-order chi connectivity index (χ0) is 13.6. The van der Waals surface area contributed by atoms with Crippen molar-refractivity contribution in [3.05, 3.63) is 24.3 Å². The summed E-state index contributed by atoms with van der Waals surface area (Å²) < 4.78 is 11.2. The Bertz CT molecular complexity index is 361. The van der Waals surface area contributed by atoms with Crippen LogP contribution in [-0.4, -0.2) is 25.4 Å². The second-order valence-corrected chi connectivity index (χ2v) is 5.30. The molecule has 1 aromatic rings. The lowest BCUT2D eigenvalue weighted by Crippen LogP contribution is -2.25. The van der Waals surface area contributed by atoms with Gasteiger partial charge < -0.3 is 14.8 Å². The molecule has 0 saturated heterocycles. The van der Waals surface area contributed by atoms with Crippen LogP contribution in [-0.2, 0) is 4.74 Å². The van der Waals surface area contributed by atoms with Crippen molar-refractivity contribution in [3.63, 3.8) is 0 Å². The van der Waals surface area contributed by atoms with E-state index in [1.54, 1.807) is 7.11 Å². The first-order valence-electron chi connectivity index (χ1n) is 6.49. The van der Waals surface area contributed by atoms with E-state index in [1.165, 1.54) is 0 Å². The van der Waals surface area contributed by atoms with Gasteiger partial charge in [0, 0.05) is 13.7 Å². The Hall–Kier alpha value is -1.22. The average molecular weight is 251 g/mol. The molecule has 3 nitrogen and oxygen atoms in total. The largest absolute Gasteiger partial charge is 0.489 e. The summed E-state index contributed by atoms with van der Waals surface area (Å²) in [5, 5.41) is 3.40. The SMILES string of the molecule is COC(C)(C)CCNc1ccccc1OC(C)C. The molecular weight excluding hydrogens is 226 g/mol. The Kier molecular flexibility index (Phi) is 5.48. The van der Waals surface area contributed by atoms with E-state index in [-0.39, 0.29) is 11.7 Å². The number of benzene rings is 1. The first-order valence-corrected chi connectivity index (χ1v) is 6.49. The fourth-order valence-electron chi connectivity index (χ4n) is 1.57. The van der Waals surface area contributed by atoms with Crippen LogP contribution in [0.15, 0.2) is 24.3 Å². The third-order valence-corrected chi connectivity index (χ3v) is 2.84. The Labute approximate surface area is 110 Å². The summed E-state index contributed by atoms with van der Waals surface area (Å²) in [6.45, 7) is 9.10. The van der Waals surface area contributed by atoms with Gasteiger partial charge in [0.15, 0.2) is 0 Å². The Morgan fingerprint density at radius 1 is 1.22 bits per heavy atom. The number of ether oxygens (including phenoxy) is 2. The zero-order valence-corrected chi connectivity index (χ0v) is 12.1. The molecule has 0 aliphatic carbocycles. The molecule has 1 aromatic carbocycles. The predicted octanol–water partition coefficient (Wildman–Crippen LogP) is 3.70. The van der Waals surface area contributed by atoms with E-state index in [1.807, 2.05) is 38.1 Å². The van der Waals surface area contributed by atoms with Crippen molar-refractivity contribution in [2.75, 3.05) is 19.0 Å². The van der Waals surface area contributed by atoms with Crippen molar-refractivity contribution < 1.29 is 9.47 Å². The summed E-state index contributed by atoms with van der Waals surface area (Å²) in [4.78, 5) is 0. The number of rotatable bonds is 7. The zero-order valence-electron chi connectivity index (χ0n) is 12.1. The fourth-order valence-corrected chi connectivity index (χ4v) is 1.57. The molecule has 0 aromatic heterocycles. The quantitative estimate of drug-likeness (QED) is 0.801. The third kappa shape index (κ3) is 4.96.